The zero-order valence-electron chi connectivity index (χ0n) is 10.8. The summed E-state index contributed by atoms with van der Waals surface area (Å²) in [7, 11) is 0. The van der Waals surface area contributed by atoms with Crippen LogP contribution in [-0.2, 0) is 12.8 Å². The normalized spacial score (nSPS) is 12.9. The molecule has 0 aliphatic heterocycles. The average Bonchev–Trinajstić information content (AvgIpc) is 3.06. The number of aliphatic hydroxyl groups is 1. The van der Waals surface area contributed by atoms with Gasteiger partial charge in [0.2, 0.25) is 0 Å². The highest BCUT2D eigenvalue weighted by atomic mass is 32.1. The quantitative estimate of drug-likeness (QED) is 0.766. The van der Waals surface area contributed by atoms with E-state index < -0.39 is 6.10 Å². The molecule has 2 nitrogen and oxygen atoms in total. The molecule has 2 aromatic heterocycles. The van der Waals surface area contributed by atoms with Crippen molar-refractivity contribution in [2.45, 2.75) is 25.9 Å². The first-order valence-electron chi connectivity index (χ1n) is 6.49. The van der Waals surface area contributed by atoms with Crippen molar-refractivity contribution in [3.63, 3.8) is 0 Å². The first-order valence-corrected chi connectivity index (χ1v) is 7.37. The number of hydrogen-bond donors (Lipinski definition) is 1. The third-order valence-corrected chi connectivity index (χ3v) is 4.35. The fourth-order valence-corrected chi connectivity index (χ4v) is 3.24. The van der Waals surface area contributed by atoms with E-state index in [1.807, 2.05) is 31.2 Å². The summed E-state index contributed by atoms with van der Waals surface area (Å²) in [6, 6.07) is 12.1. The zero-order chi connectivity index (χ0) is 13.2. The number of hydrogen-bond acceptors (Lipinski definition) is 3. The molecule has 0 aliphatic rings. The van der Waals surface area contributed by atoms with Crippen molar-refractivity contribution in [2.24, 2.45) is 0 Å². The van der Waals surface area contributed by atoms with Crippen LogP contribution in [-0.4, -0.2) is 5.11 Å². The van der Waals surface area contributed by atoms with E-state index >= 15 is 0 Å². The van der Waals surface area contributed by atoms with Gasteiger partial charge in [0.05, 0.1) is 0 Å². The van der Waals surface area contributed by atoms with Crippen LogP contribution >= 0.6 is 11.3 Å². The largest absolute Gasteiger partial charge is 0.463 e. The van der Waals surface area contributed by atoms with Gasteiger partial charge in [-0.2, -0.15) is 0 Å². The molecule has 0 amide bonds. The minimum absolute atomic E-state index is 0.571. The lowest BCUT2D eigenvalue weighted by Gasteiger charge is -2.07. The van der Waals surface area contributed by atoms with Gasteiger partial charge in [-0.15, -0.1) is 11.3 Å². The molecule has 1 atom stereocenters. The maximum absolute atomic E-state index is 10.3. The lowest BCUT2D eigenvalue weighted by atomic mass is 10.1. The standard InChI is InChI=1S/C16H16O2S/c1-2-12-7-8-15(18-12)14(17)9-11-10-19-16-6-4-3-5-13(11)16/h3-8,10,14,17H,2,9H2,1H3. The highest BCUT2D eigenvalue weighted by Crippen LogP contribution is 2.30. The molecule has 2 heterocycles. The van der Waals surface area contributed by atoms with E-state index in [4.69, 9.17) is 4.42 Å². The summed E-state index contributed by atoms with van der Waals surface area (Å²) in [5.41, 5.74) is 1.18. The Hall–Kier alpha value is -1.58. The highest BCUT2D eigenvalue weighted by molar-refractivity contribution is 7.17. The Morgan fingerprint density at radius 1 is 1.21 bits per heavy atom. The molecule has 1 aromatic carbocycles. The molecule has 1 unspecified atom stereocenters. The molecule has 0 spiro atoms. The van der Waals surface area contributed by atoms with Crippen LogP contribution in [0.4, 0.5) is 0 Å². The van der Waals surface area contributed by atoms with E-state index in [1.54, 1.807) is 11.3 Å². The number of benzene rings is 1. The summed E-state index contributed by atoms with van der Waals surface area (Å²) in [5, 5.41) is 13.6. The van der Waals surface area contributed by atoms with Crippen molar-refractivity contribution in [1.29, 1.82) is 0 Å². The third-order valence-electron chi connectivity index (χ3n) is 3.33. The molecule has 0 radical (unpaired) electrons. The van der Waals surface area contributed by atoms with Gasteiger partial charge >= 0.3 is 0 Å². The van der Waals surface area contributed by atoms with E-state index in [9.17, 15) is 5.11 Å². The van der Waals surface area contributed by atoms with E-state index in [0.29, 0.717) is 12.2 Å². The number of aliphatic hydroxyl groups excluding tert-OH is 1. The van der Waals surface area contributed by atoms with Crippen LogP contribution < -0.4 is 0 Å². The molecule has 0 fully saturated rings. The molecule has 3 rings (SSSR count). The summed E-state index contributed by atoms with van der Waals surface area (Å²) in [6.07, 6.45) is 0.882. The van der Waals surface area contributed by atoms with Crippen LogP contribution in [0.1, 0.15) is 30.1 Å². The Morgan fingerprint density at radius 3 is 2.84 bits per heavy atom. The van der Waals surface area contributed by atoms with Crippen molar-refractivity contribution < 1.29 is 9.52 Å². The fourth-order valence-electron chi connectivity index (χ4n) is 2.26. The molecule has 98 valence electrons. The minimum atomic E-state index is -0.571. The molecule has 3 heteroatoms. The van der Waals surface area contributed by atoms with Crippen LogP contribution in [0.3, 0.4) is 0 Å². The second-order valence-corrected chi connectivity index (χ2v) is 5.55. The lowest BCUT2D eigenvalue weighted by Crippen LogP contribution is -1.99. The number of fused-ring (bicyclic) bond motifs is 1. The molecular formula is C16H16O2S. The second kappa shape index (κ2) is 5.19. The van der Waals surface area contributed by atoms with Crippen LogP contribution in [0.5, 0.6) is 0 Å². The molecule has 0 aliphatic carbocycles. The summed E-state index contributed by atoms with van der Waals surface area (Å²) < 4.78 is 6.87. The van der Waals surface area contributed by atoms with E-state index in [0.717, 1.165) is 12.2 Å². The first kappa shape index (κ1) is 12.5. The highest BCUT2D eigenvalue weighted by Gasteiger charge is 2.15. The SMILES string of the molecule is CCc1ccc(C(O)Cc2csc3ccccc23)o1. The summed E-state index contributed by atoms with van der Waals surface area (Å²) in [4.78, 5) is 0. The van der Waals surface area contributed by atoms with Crippen molar-refractivity contribution >= 4 is 21.4 Å². The van der Waals surface area contributed by atoms with Crippen molar-refractivity contribution in [2.75, 3.05) is 0 Å². The van der Waals surface area contributed by atoms with Gasteiger partial charge in [-0.1, -0.05) is 25.1 Å². The van der Waals surface area contributed by atoms with E-state index in [1.165, 1.54) is 15.6 Å². The van der Waals surface area contributed by atoms with Crippen LogP contribution in [0.2, 0.25) is 0 Å². The van der Waals surface area contributed by atoms with Gasteiger partial charge in [0.25, 0.3) is 0 Å². The number of aryl methyl sites for hydroxylation is 1. The Kier molecular flexibility index (Phi) is 3.40. The third kappa shape index (κ3) is 2.44. The van der Waals surface area contributed by atoms with Crippen LogP contribution in [0.25, 0.3) is 10.1 Å². The maximum atomic E-state index is 10.3. The monoisotopic (exact) mass is 272 g/mol. The Labute approximate surface area is 116 Å². The van der Waals surface area contributed by atoms with Crippen LogP contribution in [0.15, 0.2) is 46.2 Å². The Bertz CT molecular complexity index is 681. The molecule has 0 saturated heterocycles. The lowest BCUT2D eigenvalue weighted by molar-refractivity contribution is 0.149. The summed E-state index contributed by atoms with van der Waals surface area (Å²) in [6.45, 7) is 2.04. The second-order valence-electron chi connectivity index (χ2n) is 4.63. The molecular weight excluding hydrogens is 256 g/mol. The van der Waals surface area contributed by atoms with E-state index in [2.05, 4.69) is 17.5 Å². The number of furan rings is 1. The number of thiophene rings is 1. The predicted octanol–water partition coefficient (Wildman–Crippen LogP) is 4.33. The molecule has 3 aromatic rings. The van der Waals surface area contributed by atoms with E-state index in [-0.39, 0.29) is 0 Å². The van der Waals surface area contributed by atoms with Crippen molar-refractivity contribution in [1.82, 2.24) is 0 Å². The minimum Gasteiger partial charge on any atom is -0.463 e. The van der Waals surface area contributed by atoms with Gasteiger partial charge in [-0.25, -0.2) is 0 Å². The molecule has 0 saturated carbocycles. The van der Waals surface area contributed by atoms with Crippen molar-refractivity contribution in [3.05, 3.63) is 58.9 Å². The summed E-state index contributed by atoms with van der Waals surface area (Å²) >= 11 is 1.72. The van der Waals surface area contributed by atoms with Gasteiger partial charge in [0.15, 0.2) is 0 Å². The van der Waals surface area contributed by atoms with Gasteiger partial charge in [-0.05, 0) is 34.5 Å². The van der Waals surface area contributed by atoms with Crippen LogP contribution in [0, 0.1) is 0 Å². The van der Waals surface area contributed by atoms with Gasteiger partial charge in [0.1, 0.15) is 17.6 Å². The number of rotatable bonds is 4. The Morgan fingerprint density at radius 2 is 2.05 bits per heavy atom. The topological polar surface area (TPSA) is 33.4 Å². The van der Waals surface area contributed by atoms with Crippen molar-refractivity contribution in [3.8, 4) is 0 Å². The molecule has 1 N–H and O–H groups in total. The first-order chi connectivity index (χ1) is 9.28. The smallest absolute Gasteiger partial charge is 0.133 e. The van der Waals surface area contributed by atoms with Gasteiger partial charge in [-0.3, -0.25) is 0 Å². The van der Waals surface area contributed by atoms with Gasteiger partial charge < -0.3 is 9.52 Å². The Balaban J connectivity index is 1.84. The van der Waals surface area contributed by atoms with Gasteiger partial charge in [0, 0.05) is 17.5 Å². The molecule has 19 heavy (non-hydrogen) atoms. The predicted molar refractivity (Wildman–Crippen MR) is 78.6 cm³/mol. The average molecular weight is 272 g/mol. The summed E-state index contributed by atoms with van der Waals surface area (Å²) in [5.74, 6) is 1.58. The maximum Gasteiger partial charge on any atom is 0.133 e. The fraction of sp³-hybridized carbons (Fsp3) is 0.250. The molecule has 0 bridgehead atoms. The zero-order valence-corrected chi connectivity index (χ0v) is 11.6.